The molecule has 2 aliphatic rings. The number of fused-ring (bicyclic) bond motifs is 1. The average Bonchev–Trinajstić information content (AvgIpc) is 2.92. The number of nitrogens with zero attached hydrogens (tertiary/aromatic N) is 3. The highest BCUT2D eigenvalue weighted by Gasteiger charge is 2.40. The van der Waals surface area contributed by atoms with E-state index in [0.29, 0.717) is 19.0 Å². The first-order valence-corrected chi connectivity index (χ1v) is 15.3. The number of benzene rings is 1. The number of aromatic nitrogens is 1. The average molecular weight is 608 g/mol. The maximum Gasteiger partial charge on any atom is 0.336 e. The Kier molecular flexibility index (Phi) is 11.0. The fraction of sp³-hybridized carbons (Fsp3) is 0.500. The van der Waals surface area contributed by atoms with Crippen molar-refractivity contribution in [2.75, 3.05) is 36.7 Å². The summed E-state index contributed by atoms with van der Waals surface area (Å²) in [6.45, 7) is 3.07. The molecule has 0 aliphatic carbocycles. The van der Waals surface area contributed by atoms with Crippen LogP contribution in [-0.2, 0) is 30.8 Å². The van der Waals surface area contributed by atoms with Crippen molar-refractivity contribution in [1.29, 1.82) is 0 Å². The topological polar surface area (TPSA) is 206 Å². The van der Waals surface area contributed by atoms with Crippen LogP contribution < -0.4 is 4.31 Å². The lowest BCUT2D eigenvalue weighted by atomic mass is 9.90. The van der Waals surface area contributed by atoms with Gasteiger partial charge in [0.2, 0.25) is 10.0 Å². The first kappa shape index (κ1) is 32.9. The molecule has 2 aliphatic heterocycles. The van der Waals surface area contributed by atoms with Crippen LogP contribution in [0.5, 0.6) is 0 Å². The van der Waals surface area contributed by atoms with Crippen molar-refractivity contribution in [3.05, 3.63) is 59.4 Å². The van der Waals surface area contributed by atoms with Crippen LogP contribution in [0.4, 0.5) is 5.69 Å². The number of pyridine rings is 1. The Balaban J connectivity index is 0.000000316. The summed E-state index contributed by atoms with van der Waals surface area (Å²) in [6.07, 6.45) is 5.93. The number of anilines is 1. The number of β-amino-alcohol motifs (C(OH)–C–C–N with tert-alkyl or cyclic N) is 1. The van der Waals surface area contributed by atoms with Gasteiger partial charge < -0.3 is 30.4 Å². The van der Waals surface area contributed by atoms with Crippen molar-refractivity contribution in [3.63, 3.8) is 0 Å². The summed E-state index contributed by atoms with van der Waals surface area (Å²) < 4.78 is 25.5. The largest absolute Gasteiger partial charge is 0.481 e. The van der Waals surface area contributed by atoms with Gasteiger partial charge in [0.1, 0.15) is 0 Å². The van der Waals surface area contributed by atoms with Crippen molar-refractivity contribution in [1.82, 2.24) is 9.88 Å². The van der Waals surface area contributed by atoms with Crippen LogP contribution in [0.15, 0.2) is 42.7 Å². The van der Waals surface area contributed by atoms with Gasteiger partial charge in [0.15, 0.2) is 5.60 Å². The predicted octanol–water partition coefficient (Wildman–Crippen LogP) is 1.46. The van der Waals surface area contributed by atoms with Crippen LogP contribution in [0.25, 0.3) is 0 Å². The second-order valence-corrected chi connectivity index (χ2v) is 12.6. The zero-order valence-corrected chi connectivity index (χ0v) is 24.1. The van der Waals surface area contributed by atoms with Gasteiger partial charge in [0, 0.05) is 25.5 Å². The van der Waals surface area contributed by atoms with Crippen molar-refractivity contribution in [3.8, 4) is 0 Å². The molecular weight excluding hydrogens is 570 g/mol. The van der Waals surface area contributed by atoms with Gasteiger partial charge in [0.25, 0.3) is 0 Å². The molecule has 1 aromatic carbocycles. The van der Waals surface area contributed by atoms with E-state index in [9.17, 15) is 27.9 Å². The number of carboxylic acid groups (broad SMARTS) is 3. The predicted molar refractivity (Wildman–Crippen MR) is 152 cm³/mol. The van der Waals surface area contributed by atoms with Gasteiger partial charge in [-0.15, -0.1) is 0 Å². The Labute approximate surface area is 244 Å². The number of aliphatic hydroxyl groups excluding tert-OH is 1. The number of sulfonamides is 1. The van der Waals surface area contributed by atoms with Crippen LogP contribution in [0.2, 0.25) is 0 Å². The summed E-state index contributed by atoms with van der Waals surface area (Å²) >= 11 is 0. The first-order chi connectivity index (χ1) is 19.7. The molecule has 3 heterocycles. The van der Waals surface area contributed by atoms with Gasteiger partial charge in [-0.05, 0) is 79.6 Å². The highest BCUT2D eigenvalue weighted by atomic mass is 32.2. The third-order valence-electron chi connectivity index (χ3n) is 7.45. The smallest absolute Gasteiger partial charge is 0.336 e. The third-order valence-corrected chi connectivity index (χ3v) is 8.63. The van der Waals surface area contributed by atoms with E-state index in [1.807, 2.05) is 30.6 Å². The molecule has 1 aromatic heterocycles. The van der Waals surface area contributed by atoms with E-state index in [2.05, 4.69) is 22.0 Å². The second-order valence-electron chi connectivity index (χ2n) is 10.7. The first-order valence-electron chi connectivity index (χ1n) is 13.5. The molecule has 14 heteroatoms. The standard InChI is InChI=1S/C22H29N3O3S.C6H8O7/c1-29(27,28)25-12-2-3-19-15-20(4-5-21(19)25)22(26)16-24-13-8-18(9-14-24)17-6-10-23-11-7-17;7-3(8)1-6(13,5(11)12)2-4(9)10/h4-7,10-11,15,18,22,26H,2-3,8-9,12-14,16H2,1H3;13H,1-2H2,(H,7,8)(H,9,10)(H,11,12). The molecule has 0 spiro atoms. The number of aliphatic hydroxyl groups is 2. The summed E-state index contributed by atoms with van der Waals surface area (Å²) in [5.41, 5.74) is 1.25. The zero-order chi connectivity index (χ0) is 31.1. The lowest BCUT2D eigenvalue weighted by molar-refractivity contribution is -0.170. The Bertz CT molecular complexity index is 1350. The number of aliphatic carboxylic acids is 3. The molecule has 4 rings (SSSR count). The molecule has 1 fully saturated rings. The quantitative estimate of drug-likeness (QED) is 0.260. The fourth-order valence-electron chi connectivity index (χ4n) is 5.28. The van der Waals surface area contributed by atoms with E-state index in [4.69, 9.17) is 20.4 Å². The SMILES string of the molecule is CS(=O)(=O)N1CCCc2cc(C(O)CN3CCC(c4ccncc4)CC3)ccc21.O=C(O)CC(O)(CC(=O)O)C(=O)O. The number of carboxylic acids is 3. The molecule has 13 nitrogen and oxygen atoms in total. The molecule has 2 aromatic rings. The Hall–Kier alpha value is -3.59. The highest BCUT2D eigenvalue weighted by molar-refractivity contribution is 7.92. The molecule has 42 heavy (non-hydrogen) atoms. The van der Waals surface area contributed by atoms with E-state index in [1.165, 1.54) is 16.1 Å². The van der Waals surface area contributed by atoms with E-state index in [-0.39, 0.29) is 0 Å². The van der Waals surface area contributed by atoms with Crippen molar-refractivity contribution < 1.29 is 48.3 Å². The van der Waals surface area contributed by atoms with Gasteiger partial charge in [0.05, 0.1) is 30.9 Å². The van der Waals surface area contributed by atoms with Crippen LogP contribution in [0.3, 0.4) is 0 Å². The molecular formula is C28H37N3O10S. The summed E-state index contributed by atoms with van der Waals surface area (Å²) in [5, 5.41) is 44.6. The molecule has 0 amide bonds. The van der Waals surface area contributed by atoms with Crippen molar-refractivity contribution in [2.45, 2.75) is 56.1 Å². The number of hydrogen-bond acceptors (Lipinski definition) is 9. The minimum Gasteiger partial charge on any atom is -0.481 e. The van der Waals surface area contributed by atoms with E-state index < -0.39 is 52.5 Å². The Morgan fingerprint density at radius 2 is 1.60 bits per heavy atom. The number of aryl methyl sites for hydroxylation is 1. The van der Waals surface area contributed by atoms with Crippen molar-refractivity contribution >= 4 is 33.6 Å². The lowest BCUT2D eigenvalue weighted by Gasteiger charge is -2.34. The highest BCUT2D eigenvalue weighted by Crippen LogP contribution is 2.33. The van der Waals surface area contributed by atoms with Crippen molar-refractivity contribution in [2.24, 2.45) is 0 Å². The van der Waals surface area contributed by atoms with Gasteiger partial charge in [-0.1, -0.05) is 12.1 Å². The minimum atomic E-state index is -3.26. The molecule has 1 atom stereocenters. The van der Waals surface area contributed by atoms with E-state index in [0.717, 1.165) is 55.6 Å². The maximum absolute atomic E-state index is 12.0. The minimum absolute atomic E-state index is 0.528. The van der Waals surface area contributed by atoms with Crippen LogP contribution >= 0.6 is 0 Å². The molecule has 1 unspecified atom stereocenters. The van der Waals surface area contributed by atoms with Crippen LogP contribution in [-0.4, -0.2) is 99.8 Å². The number of hydrogen-bond donors (Lipinski definition) is 5. The third kappa shape index (κ3) is 8.95. The monoisotopic (exact) mass is 607 g/mol. The number of piperidine rings is 1. The molecule has 5 N–H and O–H groups in total. The maximum atomic E-state index is 12.0. The van der Waals surface area contributed by atoms with Gasteiger partial charge in [-0.2, -0.15) is 0 Å². The zero-order valence-electron chi connectivity index (χ0n) is 23.3. The number of likely N-dealkylation sites (tertiary alicyclic amines) is 1. The normalized spacial score (nSPS) is 17.0. The van der Waals surface area contributed by atoms with E-state index >= 15 is 0 Å². The summed E-state index contributed by atoms with van der Waals surface area (Å²) in [4.78, 5) is 36.9. The van der Waals surface area contributed by atoms with Crippen LogP contribution in [0, 0.1) is 0 Å². The van der Waals surface area contributed by atoms with Crippen LogP contribution in [0.1, 0.15) is 60.8 Å². The number of carbonyl (C=O) groups is 3. The summed E-state index contributed by atoms with van der Waals surface area (Å²) in [6, 6.07) is 9.91. The summed E-state index contributed by atoms with van der Waals surface area (Å²) in [5.74, 6) is -4.45. The molecule has 230 valence electrons. The molecule has 0 saturated carbocycles. The van der Waals surface area contributed by atoms with Gasteiger partial charge in [-0.3, -0.25) is 18.9 Å². The second kappa shape index (κ2) is 14.1. The van der Waals surface area contributed by atoms with Gasteiger partial charge >= 0.3 is 17.9 Å². The number of rotatable bonds is 10. The Morgan fingerprint density at radius 3 is 2.12 bits per heavy atom. The van der Waals surface area contributed by atoms with Gasteiger partial charge in [-0.25, -0.2) is 13.2 Å². The molecule has 0 radical (unpaired) electrons. The molecule has 1 saturated heterocycles. The Morgan fingerprint density at radius 1 is 1.00 bits per heavy atom. The lowest BCUT2D eigenvalue weighted by Crippen LogP contribution is -2.42. The molecule has 0 bridgehead atoms. The summed E-state index contributed by atoms with van der Waals surface area (Å²) in [7, 11) is -3.26. The van der Waals surface area contributed by atoms with E-state index in [1.54, 1.807) is 0 Å². The fourth-order valence-corrected chi connectivity index (χ4v) is 6.28.